The molecular formula is C15H22ClNO3. The van der Waals surface area contributed by atoms with E-state index in [1.807, 2.05) is 6.92 Å². The smallest absolute Gasteiger partial charge is 0.179 e. The molecule has 0 radical (unpaired) electrons. The van der Waals surface area contributed by atoms with E-state index in [1.165, 1.54) is 0 Å². The second-order valence-corrected chi connectivity index (χ2v) is 5.01. The molecular weight excluding hydrogens is 278 g/mol. The zero-order valence-electron chi connectivity index (χ0n) is 12.3. The first-order valence-electron chi connectivity index (χ1n) is 6.62. The Hall–Kier alpha value is -0.940. The van der Waals surface area contributed by atoms with E-state index >= 15 is 0 Å². The van der Waals surface area contributed by atoms with E-state index in [1.54, 1.807) is 38.5 Å². The molecule has 0 aliphatic rings. The molecule has 0 N–H and O–H groups in total. The van der Waals surface area contributed by atoms with Crippen LogP contribution < -0.4 is 0 Å². The van der Waals surface area contributed by atoms with Gasteiger partial charge in [-0.25, -0.2) is 0 Å². The molecule has 0 saturated carbocycles. The molecule has 1 atom stereocenters. The Labute approximate surface area is 125 Å². The molecule has 0 fully saturated rings. The van der Waals surface area contributed by atoms with Crippen molar-refractivity contribution in [1.82, 2.24) is 4.90 Å². The number of hydrogen-bond acceptors (Lipinski definition) is 4. The number of carbonyl (C=O) groups is 1. The van der Waals surface area contributed by atoms with Gasteiger partial charge in [0.05, 0.1) is 19.3 Å². The van der Waals surface area contributed by atoms with E-state index in [2.05, 4.69) is 4.90 Å². The molecule has 1 aromatic carbocycles. The fourth-order valence-corrected chi connectivity index (χ4v) is 2.16. The van der Waals surface area contributed by atoms with E-state index < -0.39 is 0 Å². The summed E-state index contributed by atoms with van der Waals surface area (Å²) in [6.45, 7) is 4.43. The number of halogens is 1. The number of rotatable bonds is 9. The van der Waals surface area contributed by atoms with Gasteiger partial charge in [0, 0.05) is 37.9 Å². The van der Waals surface area contributed by atoms with Crippen LogP contribution in [0.3, 0.4) is 0 Å². The number of methoxy groups -OCH3 is 2. The highest BCUT2D eigenvalue weighted by atomic mass is 35.5. The summed E-state index contributed by atoms with van der Waals surface area (Å²) in [6.07, 6.45) is 0. The van der Waals surface area contributed by atoms with Crippen molar-refractivity contribution in [2.24, 2.45) is 0 Å². The maximum Gasteiger partial charge on any atom is 0.179 e. The lowest BCUT2D eigenvalue weighted by atomic mass is 10.0. The fourth-order valence-electron chi connectivity index (χ4n) is 1.96. The number of hydrogen-bond donors (Lipinski definition) is 0. The third-order valence-electron chi connectivity index (χ3n) is 3.20. The number of ketones is 1. The molecule has 0 aliphatic heterocycles. The van der Waals surface area contributed by atoms with Crippen LogP contribution in [0.2, 0.25) is 5.02 Å². The number of ether oxygens (including phenoxy) is 2. The van der Waals surface area contributed by atoms with E-state index in [0.29, 0.717) is 36.9 Å². The van der Waals surface area contributed by atoms with Gasteiger partial charge in [-0.1, -0.05) is 23.7 Å². The van der Waals surface area contributed by atoms with Crippen molar-refractivity contribution in [3.8, 4) is 0 Å². The predicted octanol–water partition coefficient (Wildman–Crippen LogP) is 2.51. The first kappa shape index (κ1) is 17.1. The van der Waals surface area contributed by atoms with Gasteiger partial charge in [0.2, 0.25) is 0 Å². The number of benzene rings is 1. The molecule has 20 heavy (non-hydrogen) atoms. The standard InChI is InChI=1S/C15H22ClNO3/c1-12(17(7-9-19-2)8-10-20-3)15(18)13-5-4-6-14(16)11-13/h4-6,11-12H,7-10H2,1-3H3. The molecule has 1 aromatic rings. The third kappa shape index (κ3) is 5.21. The van der Waals surface area contributed by atoms with Crippen LogP contribution in [0, 0.1) is 0 Å². The quantitative estimate of drug-likeness (QED) is 0.657. The Kier molecular flexibility index (Phi) is 7.77. The zero-order valence-corrected chi connectivity index (χ0v) is 13.0. The Morgan fingerprint density at radius 1 is 1.25 bits per heavy atom. The van der Waals surface area contributed by atoms with Gasteiger partial charge in [-0.2, -0.15) is 0 Å². The van der Waals surface area contributed by atoms with E-state index in [0.717, 1.165) is 0 Å². The van der Waals surface area contributed by atoms with Gasteiger partial charge < -0.3 is 9.47 Å². The summed E-state index contributed by atoms with van der Waals surface area (Å²) in [5.41, 5.74) is 0.629. The van der Waals surface area contributed by atoms with Crippen LogP contribution in [-0.4, -0.2) is 57.2 Å². The SMILES string of the molecule is COCCN(CCOC)C(C)C(=O)c1cccc(Cl)c1. The lowest BCUT2D eigenvalue weighted by Gasteiger charge is -2.27. The Morgan fingerprint density at radius 3 is 2.35 bits per heavy atom. The lowest BCUT2D eigenvalue weighted by molar-refractivity contribution is 0.0687. The number of nitrogens with zero attached hydrogens (tertiary/aromatic N) is 1. The molecule has 112 valence electrons. The maximum atomic E-state index is 12.5. The zero-order chi connectivity index (χ0) is 15.0. The highest BCUT2D eigenvalue weighted by molar-refractivity contribution is 6.31. The normalized spacial score (nSPS) is 12.7. The summed E-state index contributed by atoms with van der Waals surface area (Å²) in [7, 11) is 3.30. The van der Waals surface area contributed by atoms with Crippen molar-refractivity contribution >= 4 is 17.4 Å². The van der Waals surface area contributed by atoms with Gasteiger partial charge in [0.15, 0.2) is 5.78 Å². The minimum Gasteiger partial charge on any atom is -0.383 e. The van der Waals surface area contributed by atoms with Crippen LogP contribution in [0.5, 0.6) is 0 Å². The first-order chi connectivity index (χ1) is 9.60. The van der Waals surface area contributed by atoms with E-state index in [4.69, 9.17) is 21.1 Å². The lowest BCUT2D eigenvalue weighted by Crippen LogP contribution is -2.42. The Morgan fingerprint density at radius 2 is 1.85 bits per heavy atom. The van der Waals surface area contributed by atoms with Crippen LogP contribution in [0.25, 0.3) is 0 Å². The molecule has 0 saturated heterocycles. The van der Waals surface area contributed by atoms with Crippen molar-refractivity contribution in [2.45, 2.75) is 13.0 Å². The summed E-state index contributed by atoms with van der Waals surface area (Å²) in [4.78, 5) is 14.5. The van der Waals surface area contributed by atoms with Crippen LogP contribution >= 0.6 is 11.6 Å². The molecule has 1 rings (SSSR count). The Bertz CT molecular complexity index is 417. The van der Waals surface area contributed by atoms with Gasteiger partial charge >= 0.3 is 0 Å². The fraction of sp³-hybridized carbons (Fsp3) is 0.533. The second kappa shape index (κ2) is 9.08. The Balaban J connectivity index is 2.76. The van der Waals surface area contributed by atoms with Gasteiger partial charge in [0.1, 0.15) is 0 Å². The molecule has 0 spiro atoms. The highest BCUT2D eigenvalue weighted by Crippen LogP contribution is 2.14. The molecule has 0 bridgehead atoms. The highest BCUT2D eigenvalue weighted by Gasteiger charge is 2.22. The van der Waals surface area contributed by atoms with Gasteiger partial charge in [0.25, 0.3) is 0 Å². The van der Waals surface area contributed by atoms with Crippen molar-refractivity contribution in [2.75, 3.05) is 40.5 Å². The largest absolute Gasteiger partial charge is 0.383 e. The molecule has 0 aliphatic carbocycles. The summed E-state index contributed by atoms with van der Waals surface area (Å²) in [5.74, 6) is 0.0553. The van der Waals surface area contributed by atoms with Crippen molar-refractivity contribution < 1.29 is 14.3 Å². The summed E-state index contributed by atoms with van der Waals surface area (Å²) in [5, 5.41) is 0.573. The van der Waals surface area contributed by atoms with Gasteiger partial charge in [-0.15, -0.1) is 0 Å². The van der Waals surface area contributed by atoms with Crippen molar-refractivity contribution in [3.05, 3.63) is 34.9 Å². The van der Waals surface area contributed by atoms with Crippen LogP contribution in [0.15, 0.2) is 24.3 Å². The van der Waals surface area contributed by atoms with Crippen molar-refractivity contribution in [3.63, 3.8) is 0 Å². The number of Topliss-reactive ketones (excluding diaryl/α,β-unsaturated/α-hetero) is 1. The summed E-state index contributed by atoms with van der Waals surface area (Å²) in [6, 6.07) is 6.80. The maximum absolute atomic E-state index is 12.5. The van der Waals surface area contributed by atoms with Crippen LogP contribution in [0.4, 0.5) is 0 Å². The van der Waals surface area contributed by atoms with Gasteiger partial charge in [-0.05, 0) is 19.1 Å². The van der Waals surface area contributed by atoms with Crippen LogP contribution in [-0.2, 0) is 9.47 Å². The second-order valence-electron chi connectivity index (χ2n) is 4.57. The minimum atomic E-state index is -0.237. The summed E-state index contributed by atoms with van der Waals surface area (Å²) >= 11 is 5.93. The van der Waals surface area contributed by atoms with E-state index in [-0.39, 0.29) is 11.8 Å². The molecule has 1 unspecified atom stereocenters. The van der Waals surface area contributed by atoms with Gasteiger partial charge in [-0.3, -0.25) is 9.69 Å². The monoisotopic (exact) mass is 299 g/mol. The molecule has 0 amide bonds. The van der Waals surface area contributed by atoms with Crippen LogP contribution in [0.1, 0.15) is 17.3 Å². The average molecular weight is 300 g/mol. The molecule has 0 heterocycles. The molecule has 5 heteroatoms. The van der Waals surface area contributed by atoms with Crippen molar-refractivity contribution in [1.29, 1.82) is 0 Å². The molecule has 4 nitrogen and oxygen atoms in total. The topological polar surface area (TPSA) is 38.8 Å². The minimum absolute atomic E-state index is 0.0553. The molecule has 0 aromatic heterocycles. The third-order valence-corrected chi connectivity index (χ3v) is 3.44. The first-order valence-corrected chi connectivity index (χ1v) is 6.99. The van der Waals surface area contributed by atoms with E-state index in [9.17, 15) is 4.79 Å². The summed E-state index contributed by atoms with van der Waals surface area (Å²) < 4.78 is 10.2. The number of carbonyl (C=O) groups excluding carboxylic acids is 1. The average Bonchev–Trinajstić information content (AvgIpc) is 2.46. The predicted molar refractivity (Wildman–Crippen MR) is 80.6 cm³/mol.